The van der Waals surface area contributed by atoms with Gasteiger partial charge in [-0.3, -0.25) is 10.1 Å². The Morgan fingerprint density at radius 2 is 1.77 bits per heavy atom. The summed E-state index contributed by atoms with van der Waals surface area (Å²) in [5, 5.41) is 20.2. The molecule has 0 radical (unpaired) electrons. The molecule has 0 unspecified atom stereocenters. The maximum Gasteiger partial charge on any atom is 0.335 e. The van der Waals surface area contributed by atoms with Gasteiger partial charge < -0.3 is 5.11 Å². The highest BCUT2D eigenvalue weighted by Crippen LogP contribution is 2.38. The van der Waals surface area contributed by atoms with Crippen LogP contribution in [0.3, 0.4) is 0 Å². The van der Waals surface area contributed by atoms with E-state index >= 15 is 0 Å². The lowest BCUT2D eigenvalue weighted by atomic mass is 10.0. The molecule has 2 aromatic carbocycles. The van der Waals surface area contributed by atoms with Gasteiger partial charge in [0, 0.05) is 16.7 Å². The minimum Gasteiger partial charge on any atom is -0.478 e. The van der Waals surface area contributed by atoms with E-state index in [2.05, 4.69) is 0 Å². The van der Waals surface area contributed by atoms with Crippen LogP contribution < -0.4 is 0 Å². The van der Waals surface area contributed by atoms with E-state index in [1.54, 1.807) is 18.2 Å². The standard InChI is InChI=1S/C13H8ClNO6S/c14-22(20,21)11-7-9(13(16)17)6-10(15(18)19)12(11)8-4-2-1-3-5-8/h1-7H,(H,16,17). The number of aromatic carboxylic acids is 1. The lowest BCUT2D eigenvalue weighted by molar-refractivity contribution is -0.384. The average Bonchev–Trinajstić information content (AvgIpc) is 2.45. The second kappa shape index (κ2) is 5.74. The van der Waals surface area contributed by atoms with Gasteiger partial charge in [0.1, 0.15) is 0 Å². The Labute approximate surface area is 129 Å². The third-order valence-electron chi connectivity index (χ3n) is 2.85. The van der Waals surface area contributed by atoms with E-state index in [0.717, 1.165) is 12.1 Å². The van der Waals surface area contributed by atoms with Crippen LogP contribution in [0.5, 0.6) is 0 Å². The van der Waals surface area contributed by atoms with E-state index in [-0.39, 0.29) is 11.1 Å². The van der Waals surface area contributed by atoms with Crippen LogP contribution in [0.1, 0.15) is 10.4 Å². The van der Waals surface area contributed by atoms with E-state index in [0.29, 0.717) is 0 Å². The van der Waals surface area contributed by atoms with Gasteiger partial charge in [-0.2, -0.15) is 0 Å². The molecule has 0 saturated heterocycles. The molecular formula is C13H8ClNO6S. The molecule has 1 N–H and O–H groups in total. The number of benzene rings is 2. The van der Waals surface area contributed by atoms with Crippen LogP contribution >= 0.6 is 10.7 Å². The first-order chi connectivity index (χ1) is 10.2. The van der Waals surface area contributed by atoms with Gasteiger partial charge in [0.2, 0.25) is 0 Å². The van der Waals surface area contributed by atoms with Crippen molar-refractivity contribution in [2.45, 2.75) is 4.90 Å². The number of hydrogen-bond acceptors (Lipinski definition) is 5. The third-order valence-corrected chi connectivity index (χ3v) is 4.20. The Morgan fingerprint density at radius 3 is 2.23 bits per heavy atom. The molecule has 7 nitrogen and oxygen atoms in total. The third kappa shape index (κ3) is 3.07. The van der Waals surface area contributed by atoms with Crippen LogP contribution in [-0.4, -0.2) is 24.4 Å². The van der Waals surface area contributed by atoms with Crippen LogP contribution in [0, 0.1) is 10.1 Å². The van der Waals surface area contributed by atoms with E-state index in [4.69, 9.17) is 15.8 Å². The number of rotatable bonds is 4. The fourth-order valence-electron chi connectivity index (χ4n) is 1.96. The second-order valence-corrected chi connectivity index (χ2v) is 6.77. The summed E-state index contributed by atoms with van der Waals surface area (Å²) >= 11 is 0. The Balaban J connectivity index is 2.96. The summed E-state index contributed by atoms with van der Waals surface area (Å²) in [6.45, 7) is 0. The summed E-state index contributed by atoms with van der Waals surface area (Å²) in [5.74, 6) is -1.50. The topological polar surface area (TPSA) is 115 Å². The molecule has 114 valence electrons. The van der Waals surface area contributed by atoms with Crippen LogP contribution in [0.25, 0.3) is 11.1 Å². The number of halogens is 1. The van der Waals surface area contributed by atoms with Crippen molar-refractivity contribution >= 4 is 31.4 Å². The summed E-state index contributed by atoms with van der Waals surface area (Å²) in [4.78, 5) is 20.8. The molecule has 2 aromatic rings. The van der Waals surface area contributed by atoms with Crippen molar-refractivity contribution in [2.75, 3.05) is 0 Å². The predicted molar refractivity (Wildman–Crippen MR) is 78.5 cm³/mol. The average molecular weight is 342 g/mol. The Hall–Kier alpha value is -2.45. The van der Waals surface area contributed by atoms with Gasteiger partial charge in [-0.15, -0.1) is 0 Å². The smallest absolute Gasteiger partial charge is 0.335 e. The van der Waals surface area contributed by atoms with Crippen LogP contribution in [0.2, 0.25) is 0 Å². The summed E-state index contributed by atoms with van der Waals surface area (Å²) in [6.07, 6.45) is 0. The van der Waals surface area contributed by atoms with Crippen molar-refractivity contribution in [1.82, 2.24) is 0 Å². The molecule has 0 aliphatic carbocycles. The highest BCUT2D eigenvalue weighted by Gasteiger charge is 2.28. The van der Waals surface area contributed by atoms with E-state index < -0.39 is 36.1 Å². The Morgan fingerprint density at radius 1 is 1.18 bits per heavy atom. The number of carboxylic acids is 1. The van der Waals surface area contributed by atoms with Gasteiger partial charge >= 0.3 is 5.97 Å². The van der Waals surface area contributed by atoms with Gasteiger partial charge in [-0.05, 0) is 11.6 Å². The summed E-state index contributed by atoms with van der Waals surface area (Å²) in [6, 6.07) is 9.32. The summed E-state index contributed by atoms with van der Waals surface area (Å²) in [7, 11) is 0.934. The quantitative estimate of drug-likeness (QED) is 0.519. The van der Waals surface area contributed by atoms with Gasteiger partial charge in [0.25, 0.3) is 14.7 Å². The number of nitro groups is 1. The molecule has 0 aliphatic heterocycles. The van der Waals surface area contributed by atoms with E-state index in [1.165, 1.54) is 12.1 Å². The van der Waals surface area contributed by atoms with Gasteiger partial charge in [-0.25, -0.2) is 13.2 Å². The minimum atomic E-state index is -4.39. The number of hydrogen-bond donors (Lipinski definition) is 1. The van der Waals surface area contributed by atoms with Crippen molar-refractivity contribution in [2.24, 2.45) is 0 Å². The Kier molecular flexibility index (Phi) is 4.16. The van der Waals surface area contributed by atoms with Crippen molar-refractivity contribution in [1.29, 1.82) is 0 Å². The molecule has 0 bridgehead atoms. The van der Waals surface area contributed by atoms with Gasteiger partial charge in [-0.1, -0.05) is 30.3 Å². The SMILES string of the molecule is O=C(O)c1cc([N+](=O)[O-])c(-c2ccccc2)c(S(=O)(=O)Cl)c1. The number of nitrogens with zero attached hydrogens (tertiary/aromatic N) is 1. The van der Waals surface area contributed by atoms with Gasteiger partial charge in [0.05, 0.1) is 20.9 Å². The number of nitro benzene ring substituents is 1. The highest BCUT2D eigenvalue weighted by molar-refractivity contribution is 8.13. The maximum absolute atomic E-state index is 11.7. The van der Waals surface area contributed by atoms with Crippen molar-refractivity contribution in [3.05, 3.63) is 58.1 Å². The normalized spacial score (nSPS) is 11.1. The first-order valence-corrected chi connectivity index (χ1v) is 8.08. The fraction of sp³-hybridized carbons (Fsp3) is 0. The molecule has 22 heavy (non-hydrogen) atoms. The molecule has 0 aromatic heterocycles. The lowest BCUT2D eigenvalue weighted by Crippen LogP contribution is -2.05. The molecule has 0 aliphatic rings. The zero-order valence-electron chi connectivity index (χ0n) is 10.8. The molecular weight excluding hydrogens is 334 g/mol. The second-order valence-electron chi connectivity index (χ2n) is 4.23. The molecule has 2 rings (SSSR count). The summed E-state index contributed by atoms with van der Waals surface area (Å²) in [5.41, 5.74) is -1.19. The lowest BCUT2D eigenvalue weighted by Gasteiger charge is -2.09. The zero-order chi connectivity index (χ0) is 16.5. The maximum atomic E-state index is 11.7. The molecule has 0 atom stereocenters. The van der Waals surface area contributed by atoms with Crippen molar-refractivity contribution in [3.8, 4) is 11.1 Å². The molecule has 0 saturated carbocycles. The first-order valence-electron chi connectivity index (χ1n) is 5.77. The minimum absolute atomic E-state index is 0.241. The highest BCUT2D eigenvalue weighted by atomic mass is 35.7. The van der Waals surface area contributed by atoms with Gasteiger partial charge in [0.15, 0.2) is 0 Å². The van der Waals surface area contributed by atoms with Crippen LogP contribution in [0.4, 0.5) is 5.69 Å². The monoisotopic (exact) mass is 341 g/mol. The van der Waals surface area contributed by atoms with E-state index in [1.807, 2.05) is 0 Å². The molecule has 0 fully saturated rings. The van der Waals surface area contributed by atoms with Crippen molar-refractivity contribution in [3.63, 3.8) is 0 Å². The van der Waals surface area contributed by atoms with Crippen LogP contribution in [0.15, 0.2) is 47.4 Å². The van der Waals surface area contributed by atoms with E-state index in [9.17, 15) is 23.3 Å². The first kappa shape index (κ1) is 15.9. The predicted octanol–water partition coefficient (Wildman–Crippen LogP) is 2.89. The molecule has 9 heteroatoms. The zero-order valence-corrected chi connectivity index (χ0v) is 12.3. The molecule has 0 heterocycles. The largest absolute Gasteiger partial charge is 0.478 e. The number of carboxylic acid groups (broad SMARTS) is 1. The summed E-state index contributed by atoms with van der Waals surface area (Å²) < 4.78 is 23.5. The Bertz CT molecular complexity index is 864. The van der Waals surface area contributed by atoms with Crippen molar-refractivity contribution < 1.29 is 23.2 Å². The number of carbonyl (C=O) groups is 1. The van der Waals surface area contributed by atoms with Crippen LogP contribution in [-0.2, 0) is 9.05 Å². The molecule has 0 amide bonds. The molecule has 0 spiro atoms. The fourth-order valence-corrected chi connectivity index (χ4v) is 3.05.